The number of nitrogens with two attached hydrogens (primary N) is 1. The summed E-state index contributed by atoms with van der Waals surface area (Å²) in [6.07, 6.45) is 4.98. The first-order valence-corrected chi connectivity index (χ1v) is 9.51. The zero-order chi connectivity index (χ0) is 19.6. The topological polar surface area (TPSA) is 71.5 Å². The molecule has 1 saturated heterocycles. The standard InChI is InChI=1S/C20H19Cl2N3O3/c21-14-1-6-18(19(22)9-14)20(12-25-8-7-24-13-25)27-11-17(28-20)10-26-16-4-2-15(23)3-5-16/h1-9,13,17H,10-12,23H2/t17-,20-/m1/s1. The summed E-state index contributed by atoms with van der Waals surface area (Å²) in [4.78, 5) is 4.09. The Labute approximate surface area is 172 Å². The molecule has 0 amide bonds. The quantitative estimate of drug-likeness (QED) is 0.608. The Morgan fingerprint density at radius 2 is 2.04 bits per heavy atom. The molecule has 2 atom stereocenters. The number of aromatic nitrogens is 2. The van der Waals surface area contributed by atoms with Gasteiger partial charge in [0.2, 0.25) is 5.79 Å². The van der Waals surface area contributed by atoms with E-state index < -0.39 is 5.79 Å². The Bertz CT molecular complexity index is 934. The number of anilines is 1. The van der Waals surface area contributed by atoms with Crippen LogP contribution in [0.15, 0.2) is 61.2 Å². The lowest BCUT2D eigenvalue weighted by Gasteiger charge is -2.30. The van der Waals surface area contributed by atoms with E-state index in [0.717, 1.165) is 5.75 Å². The first-order valence-electron chi connectivity index (χ1n) is 8.75. The Hall–Kier alpha value is -2.25. The number of benzene rings is 2. The van der Waals surface area contributed by atoms with Crippen molar-refractivity contribution in [3.05, 3.63) is 76.8 Å². The molecular weight excluding hydrogens is 401 g/mol. The molecule has 0 saturated carbocycles. The van der Waals surface area contributed by atoms with E-state index >= 15 is 0 Å². The summed E-state index contributed by atoms with van der Waals surface area (Å²) in [6.45, 7) is 1.09. The van der Waals surface area contributed by atoms with Crippen LogP contribution in [0.25, 0.3) is 0 Å². The lowest BCUT2D eigenvalue weighted by atomic mass is 10.1. The van der Waals surface area contributed by atoms with Gasteiger partial charge in [-0.2, -0.15) is 0 Å². The number of imidazole rings is 1. The van der Waals surface area contributed by atoms with Crippen molar-refractivity contribution in [3.8, 4) is 5.75 Å². The van der Waals surface area contributed by atoms with Gasteiger partial charge >= 0.3 is 0 Å². The van der Waals surface area contributed by atoms with E-state index in [9.17, 15) is 0 Å². The van der Waals surface area contributed by atoms with Gasteiger partial charge in [0, 0.05) is 28.7 Å². The smallest absolute Gasteiger partial charge is 0.215 e. The second kappa shape index (κ2) is 8.01. The summed E-state index contributed by atoms with van der Waals surface area (Å²) in [6, 6.07) is 12.5. The van der Waals surface area contributed by atoms with Crippen molar-refractivity contribution < 1.29 is 14.2 Å². The van der Waals surface area contributed by atoms with Crippen LogP contribution in [-0.4, -0.2) is 28.9 Å². The van der Waals surface area contributed by atoms with Crippen molar-refractivity contribution in [2.24, 2.45) is 0 Å². The Kier molecular flexibility index (Phi) is 5.46. The van der Waals surface area contributed by atoms with E-state index in [1.54, 1.807) is 36.8 Å². The molecule has 0 aliphatic carbocycles. The monoisotopic (exact) mass is 419 g/mol. The van der Waals surface area contributed by atoms with Gasteiger partial charge in [0.15, 0.2) is 0 Å². The normalized spacial score (nSPS) is 21.7. The first-order chi connectivity index (χ1) is 13.5. The molecule has 8 heteroatoms. The lowest BCUT2D eigenvalue weighted by Crippen LogP contribution is -2.34. The molecule has 1 aliphatic rings. The molecule has 2 aromatic carbocycles. The number of nitrogen functional groups attached to an aromatic ring is 1. The summed E-state index contributed by atoms with van der Waals surface area (Å²) < 4.78 is 20.2. The molecule has 2 heterocycles. The summed E-state index contributed by atoms with van der Waals surface area (Å²) in [5, 5.41) is 1.03. The van der Waals surface area contributed by atoms with E-state index in [1.165, 1.54) is 0 Å². The predicted octanol–water partition coefficient (Wildman–Crippen LogP) is 4.12. The summed E-state index contributed by atoms with van der Waals surface area (Å²) >= 11 is 12.5. The molecule has 4 rings (SSSR count). The van der Waals surface area contributed by atoms with Crippen LogP contribution >= 0.6 is 23.2 Å². The molecule has 0 radical (unpaired) electrons. The van der Waals surface area contributed by atoms with Gasteiger partial charge in [-0.1, -0.05) is 29.3 Å². The highest BCUT2D eigenvalue weighted by Gasteiger charge is 2.45. The average molecular weight is 420 g/mol. The van der Waals surface area contributed by atoms with Crippen LogP contribution in [-0.2, 0) is 21.8 Å². The third kappa shape index (κ3) is 4.10. The third-order valence-electron chi connectivity index (χ3n) is 4.47. The number of halogens is 2. The van der Waals surface area contributed by atoms with Crippen molar-refractivity contribution in [2.45, 2.75) is 18.4 Å². The molecule has 28 heavy (non-hydrogen) atoms. The van der Waals surface area contributed by atoms with Crippen LogP contribution in [0.1, 0.15) is 5.56 Å². The highest BCUT2D eigenvalue weighted by atomic mass is 35.5. The predicted molar refractivity (Wildman–Crippen MR) is 108 cm³/mol. The summed E-state index contributed by atoms with van der Waals surface area (Å²) in [5.41, 5.74) is 7.10. The maximum absolute atomic E-state index is 6.46. The van der Waals surface area contributed by atoms with E-state index in [0.29, 0.717) is 41.1 Å². The minimum atomic E-state index is -1.06. The van der Waals surface area contributed by atoms with Gasteiger partial charge in [-0.15, -0.1) is 0 Å². The molecule has 0 unspecified atom stereocenters. The maximum atomic E-state index is 6.46. The van der Waals surface area contributed by atoms with Crippen molar-refractivity contribution in [3.63, 3.8) is 0 Å². The Morgan fingerprint density at radius 3 is 2.75 bits per heavy atom. The molecule has 3 aromatic rings. The number of rotatable bonds is 6. The number of hydrogen-bond donors (Lipinski definition) is 1. The van der Waals surface area contributed by atoms with E-state index in [2.05, 4.69) is 4.98 Å². The van der Waals surface area contributed by atoms with Gasteiger partial charge in [0.1, 0.15) is 18.5 Å². The van der Waals surface area contributed by atoms with Gasteiger partial charge in [-0.25, -0.2) is 4.98 Å². The molecule has 6 nitrogen and oxygen atoms in total. The van der Waals surface area contributed by atoms with Crippen molar-refractivity contribution in [1.82, 2.24) is 9.55 Å². The third-order valence-corrected chi connectivity index (χ3v) is 5.01. The number of nitrogens with zero attached hydrogens (tertiary/aromatic N) is 2. The molecule has 1 aromatic heterocycles. The second-order valence-electron chi connectivity index (χ2n) is 6.54. The number of hydrogen-bond acceptors (Lipinski definition) is 5. The van der Waals surface area contributed by atoms with E-state index in [-0.39, 0.29) is 6.10 Å². The fourth-order valence-corrected chi connectivity index (χ4v) is 3.68. The van der Waals surface area contributed by atoms with Gasteiger partial charge in [0.05, 0.1) is 24.5 Å². The van der Waals surface area contributed by atoms with Crippen LogP contribution in [0.4, 0.5) is 5.69 Å². The zero-order valence-electron chi connectivity index (χ0n) is 14.9. The lowest BCUT2D eigenvalue weighted by molar-refractivity contribution is -0.189. The largest absolute Gasteiger partial charge is 0.491 e. The number of ether oxygens (including phenoxy) is 3. The zero-order valence-corrected chi connectivity index (χ0v) is 16.4. The molecule has 1 fully saturated rings. The van der Waals surface area contributed by atoms with Crippen LogP contribution < -0.4 is 10.5 Å². The maximum Gasteiger partial charge on any atom is 0.215 e. The minimum absolute atomic E-state index is 0.271. The summed E-state index contributed by atoms with van der Waals surface area (Å²) in [5.74, 6) is -0.341. The van der Waals surface area contributed by atoms with Crippen molar-refractivity contribution in [1.29, 1.82) is 0 Å². The van der Waals surface area contributed by atoms with Gasteiger partial charge in [-0.3, -0.25) is 0 Å². The van der Waals surface area contributed by atoms with E-state index in [4.69, 9.17) is 43.1 Å². The van der Waals surface area contributed by atoms with Crippen LogP contribution in [0.2, 0.25) is 10.0 Å². The van der Waals surface area contributed by atoms with Gasteiger partial charge in [0.25, 0.3) is 0 Å². The van der Waals surface area contributed by atoms with Crippen molar-refractivity contribution >= 4 is 28.9 Å². The molecule has 1 aliphatic heterocycles. The molecule has 2 N–H and O–H groups in total. The van der Waals surface area contributed by atoms with Gasteiger partial charge < -0.3 is 24.5 Å². The molecule has 0 bridgehead atoms. The van der Waals surface area contributed by atoms with Crippen molar-refractivity contribution in [2.75, 3.05) is 18.9 Å². The SMILES string of the molecule is Nc1ccc(OC[C@@H]2CO[C@@](Cn3ccnc3)(c3ccc(Cl)cc3Cl)O2)cc1. The van der Waals surface area contributed by atoms with Crippen LogP contribution in [0.3, 0.4) is 0 Å². The highest BCUT2D eigenvalue weighted by Crippen LogP contribution is 2.40. The summed E-state index contributed by atoms with van der Waals surface area (Å²) in [7, 11) is 0. The molecule has 0 spiro atoms. The Morgan fingerprint density at radius 1 is 1.21 bits per heavy atom. The van der Waals surface area contributed by atoms with Crippen LogP contribution in [0, 0.1) is 0 Å². The van der Waals surface area contributed by atoms with Gasteiger partial charge in [-0.05, 0) is 36.4 Å². The fraction of sp³-hybridized carbons (Fsp3) is 0.250. The minimum Gasteiger partial charge on any atom is -0.491 e. The molecule has 146 valence electrons. The average Bonchev–Trinajstić information content (AvgIpc) is 3.32. The van der Waals surface area contributed by atoms with Crippen LogP contribution in [0.5, 0.6) is 5.75 Å². The first kappa shape index (κ1) is 19.1. The second-order valence-corrected chi connectivity index (χ2v) is 7.39. The highest BCUT2D eigenvalue weighted by molar-refractivity contribution is 6.35. The molecular formula is C20H19Cl2N3O3. The fourth-order valence-electron chi connectivity index (χ4n) is 3.13. The van der Waals surface area contributed by atoms with E-state index in [1.807, 2.05) is 29.0 Å². The Balaban J connectivity index is 1.54.